The average molecular weight is 262 g/mol. The highest BCUT2D eigenvalue weighted by atomic mass is 16.4. The molecule has 0 aliphatic heterocycles. The first-order valence-electron chi connectivity index (χ1n) is 5.54. The van der Waals surface area contributed by atoms with Gasteiger partial charge in [0.2, 0.25) is 11.8 Å². The Morgan fingerprint density at radius 2 is 1.89 bits per heavy atom. The molecule has 6 heteroatoms. The molecule has 2 amide bonds. The molecular formula is C13H14N2O4. The molecule has 4 N–H and O–H groups in total. The number of hydrogen-bond acceptors (Lipinski definition) is 3. The Kier molecular flexibility index (Phi) is 5.28. The van der Waals surface area contributed by atoms with E-state index in [1.54, 1.807) is 18.2 Å². The molecule has 1 atom stereocenters. The van der Waals surface area contributed by atoms with Gasteiger partial charge in [0, 0.05) is 6.08 Å². The van der Waals surface area contributed by atoms with Crippen LogP contribution in [0.2, 0.25) is 0 Å². The van der Waals surface area contributed by atoms with E-state index in [0.717, 1.165) is 5.56 Å². The Bertz CT molecular complexity index is 497. The zero-order valence-electron chi connectivity index (χ0n) is 10.1. The predicted molar refractivity (Wildman–Crippen MR) is 68.9 cm³/mol. The third-order valence-electron chi connectivity index (χ3n) is 2.25. The van der Waals surface area contributed by atoms with Crippen LogP contribution >= 0.6 is 0 Å². The lowest BCUT2D eigenvalue weighted by atomic mass is 10.2. The van der Waals surface area contributed by atoms with Crippen molar-refractivity contribution < 1.29 is 19.5 Å². The summed E-state index contributed by atoms with van der Waals surface area (Å²) in [4.78, 5) is 33.0. The Labute approximate surface area is 109 Å². The first-order valence-corrected chi connectivity index (χ1v) is 5.54. The number of nitrogens with one attached hydrogen (secondary N) is 1. The van der Waals surface area contributed by atoms with Gasteiger partial charge in [0.05, 0.1) is 6.42 Å². The van der Waals surface area contributed by atoms with E-state index in [2.05, 4.69) is 5.32 Å². The number of primary amides is 1. The van der Waals surface area contributed by atoms with Gasteiger partial charge in [-0.3, -0.25) is 9.59 Å². The fourth-order valence-corrected chi connectivity index (χ4v) is 1.36. The lowest BCUT2D eigenvalue weighted by Crippen LogP contribution is -2.42. The fourth-order valence-electron chi connectivity index (χ4n) is 1.36. The summed E-state index contributed by atoms with van der Waals surface area (Å²) in [7, 11) is 0. The third-order valence-corrected chi connectivity index (χ3v) is 2.25. The second-order valence-electron chi connectivity index (χ2n) is 3.81. The highest BCUT2D eigenvalue weighted by molar-refractivity contribution is 5.95. The number of amides is 2. The first kappa shape index (κ1) is 14.4. The maximum Gasteiger partial charge on any atom is 0.326 e. The zero-order valence-corrected chi connectivity index (χ0v) is 10.1. The monoisotopic (exact) mass is 262 g/mol. The quantitative estimate of drug-likeness (QED) is 0.633. The van der Waals surface area contributed by atoms with E-state index >= 15 is 0 Å². The van der Waals surface area contributed by atoms with Crippen LogP contribution < -0.4 is 11.1 Å². The highest BCUT2D eigenvalue weighted by Gasteiger charge is 2.20. The SMILES string of the molecule is NC(=O)C[C@@H](NC(=O)/C=C/c1ccccc1)C(=O)O. The largest absolute Gasteiger partial charge is 0.480 e. The molecule has 19 heavy (non-hydrogen) atoms. The molecule has 0 heterocycles. The van der Waals surface area contributed by atoms with Crippen molar-refractivity contribution in [3.63, 3.8) is 0 Å². The Morgan fingerprint density at radius 3 is 2.42 bits per heavy atom. The summed E-state index contributed by atoms with van der Waals surface area (Å²) >= 11 is 0. The van der Waals surface area contributed by atoms with Crippen molar-refractivity contribution in [3.05, 3.63) is 42.0 Å². The Balaban J connectivity index is 2.60. The van der Waals surface area contributed by atoms with E-state index in [4.69, 9.17) is 10.8 Å². The van der Waals surface area contributed by atoms with Crippen LogP contribution in [0.3, 0.4) is 0 Å². The van der Waals surface area contributed by atoms with Gasteiger partial charge < -0.3 is 16.2 Å². The predicted octanol–water partition coefficient (Wildman–Crippen LogP) is 0.145. The molecule has 0 aliphatic rings. The van der Waals surface area contributed by atoms with Gasteiger partial charge in [-0.05, 0) is 11.6 Å². The molecule has 0 fully saturated rings. The number of benzene rings is 1. The number of carboxylic acid groups (broad SMARTS) is 1. The molecule has 0 spiro atoms. The van der Waals surface area contributed by atoms with Gasteiger partial charge in [-0.15, -0.1) is 0 Å². The second-order valence-corrected chi connectivity index (χ2v) is 3.81. The van der Waals surface area contributed by atoms with Crippen LogP contribution in [-0.4, -0.2) is 28.9 Å². The Morgan fingerprint density at radius 1 is 1.26 bits per heavy atom. The first-order chi connectivity index (χ1) is 8.99. The van der Waals surface area contributed by atoms with Crippen molar-refractivity contribution in [2.45, 2.75) is 12.5 Å². The standard InChI is InChI=1S/C13H14N2O4/c14-11(16)8-10(13(18)19)15-12(17)7-6-9-4-2-1-3-5-9/h1-7,10H,8H2,(H2,14,16)(H,15,17)(H,18,19)/b7-6+/t10-/m1/s1. The van der Waals surface area contributed by atoms with Gasteiger partial charge >= 0.3 is 5.97 Å². The van der Waals surface area contributed by atoms with Crippen molar-refractivity contribution in [2.75, 3.05) is 0 Å². The number of rotatable bonds is 6. The summed E-state index contributed by atoms with van der Waals surface area (Å²) in [5.74, 6) is -2.70. The Hall–Kier alpha value is -2.63. The summed E-state index contributed by atoms with van der Waals surface area (Å²) in [5.41, 5.74) is 5.71. The zero-order chi connectivity index (χ0) is 14.3. The van der Waals surface area contributed by atoms with Crippen LogP contribution in [0.25, 0.3) is 6.08 Å². The fraction of sp³-hybridized carbons (Fsp3) is 0.154. The number of hydrogen-bond donors (Lipinski definition) is 3. The highest BCUT2D eigenvalue weighted by Crippen LogP contribution is 2.01. The van der Waals surface area contributed by atoms with Crippen LogP contribution in [0.15, 0.2) is 36.4 Å². The van der Waals surface area contributed by atoms with Gasteiger partial charge in [0.1, 0.15) is 6.04 Å². The molecule has 1 aromatic rings. The summed E-state index contributed by atoms with van der Waals surface area (Å²) in [6.45, 7) is 0. The van der Waals surface area contributed by atoms with E-state index in [1.165, 1.54) is 6.08 Å². The average Bonchev–Trinajstić information content (AvgIpc) is 2.36. The lowest BCUT2D eigenvalue weighted by molar-refractivity contribution is -0.142. The molecule has 0 aromatic heterocycles. The lowest BCUT2D eigenvalue weighted by Gasteiger charge is -2.10. The number of aliphatic carboxylic acids is 1. The van der Waals surface area contributed by atoms with Crippen LogP contribution in [0.5, 0.6) is 0 Å². The van der Waals surface area contributed by atoms with Crippen molar-refractivity contribution in [1.82, 2.24) is 5.32 Å². The minimum Gasteiger partial charge on any atom is -0.480 e. The van der Waals surface area contributed by atoms with E-state index in [-0.39, 0.29) is 0 Å². The van der Waals surface area contributed by atoms with E-state index < -0.39 is 30.2 Å². The van der Waals surface area contributed by atoms with E-state index in [0.29, 0.717) is 0 Å². The molecule has 100 valence electrons. The molecule has 0 saturated heterocycles. The van der Waals surface area contributed by atoms with Crippen LogP contribution in [0.4, 0.5) is 0 Å². The van der Waals surface area contributed by atoms with Gasteiger partial charge in [0.15, 0.2) is 0 Å². The van der Waals surface area contributed by atoms with Crippen molar-refractivity contribution in [1.29, 1.82) is 0 Å². The summed E-state index contributed by atoms with van der Waals surface area (Å²) in [5, 5.41) is 11.0. The molecule has 0 aliphatic carbocycles. The summed E-state index contributed by atoms with van der Waals surface area (Å²) < 4.78 is 0. The molecule has 1 aromatic carbocycles. The second kappa shape index (κ2) is 6.95. The number of carboxylic acids is 1. The van der Waals surface area contributed by atoms with Gasteiger partial charge in [-0.2, -0.15) is 0 Å². The molecule has 0 saturated carbocycles. The minimum absolute atomic E-state index is 0.444. The number of carbonyl (C=O) groups is 3. The number of nitrogens with two attached hydrogens (primary N) is 1. The van der Waals surface area contributed by atoms with Gasteiger partial charge in [-0.1, -0.05) is 30.3 Å². The smallest absolute Gasteiger partial charge is 0.326 e. The summed E-state index contributed by atoms with van der Waals surface area (Å²) in [6, 6.07) is 7.73. The molecule has 0 radical (unpaired) electrons. The van der Waals surface area contributed by atoms with E-state index in [9.17, 15) is 14.4 Å². The van der Waals surface area contributed by atoms with E-state index in [1.807, 2.05) is 18.2 Å². The van der Waals surface area contributed by atoms with Crippen molar-refractivity contribution in [2.24, 2.45) is 5.73 Å². The minimum atomic E-state index is -1.31. The van der Waals surface area contributed by atoms with Gasteiger partial charge in [0.25, 0.3) is 0 Å². The van der Waals surface area contributed by atoms with Gasteiger partial charge in [-0.25, -0.2) is 4.79 Å². The topological polar surface area (TPSA) is 109 Å². The number of carbonyl (C=O) groups excluding carboxylic acids is 2. The maximum atomic E-state index is 11.5. The van der Waals surface area contributed by atoms with Crippen molar-refractivity contribution in [3.8, 4) is 0 Å². The molecule has 0 unspecified atom stereocenters. The maximum absolute atomic E-state index is 11.5. The van der Waals surface area contributed by atoms with Crippen LogP contribution in [0.1, 0.15) is 12.0 Å². The van der Waals surface area contributed by atoms with Crippen LogP contribution in [-0.2, 0) is 14.4 Å². The molecule has 0 bridgehead atoms. The molecule has 6 nitrogen and oxygen atoms in total. The van der Waals surface area contributed by atoms with Crippen molar-refractivity contribution >= 4 is 23.9 Å². The molecule has 1 rings (SSSR count). The van der Waals surface area contributed by atoms with Crippen LogP contribution in [0, 0.1) is 0 Å². The summed E-state index contributed by atoms with van der Waals surface area (Å²) in [6.07, 6.45) is 2.30. The normalized spacial score (nSPS) is 12.0. The molecular weight excluding hydrogens is 248 g/mol. The third kappa shape index (κ3) is 5.49.